The number of thioether (sulfide) groups is 1. The number of imidazole rings is 1. The average Bonchev–Trinajstić information content (AvgIpc) is 3.30. The summed E-state index contributed by atoms with van der Waals surface area (Å²) in [6.45, 7) is 4.56. The van der Waals surface area contributed by atoms with Crippen LogP contribution in [0.15, 0.2) is 53.7 Å². The topological polar surface area (TPSA) is 122 Å². The molecule has 3 aromatic heterocycles. The Labute approximate surface area is 219 Å². The number of anilines is 2. The lowest BCUT2D eigenvalue weighted by Crippen LogP contribution is -2.51. The van der Waals surface area contributed by atoms with E-state index in [9.17, 15) is 8.42 Å². The lowest BCUT2D eigenvalue weighted by Gasteiger charge is -2.34. The summed E-state index contributed by atoms with van der Waals surface area (Å²) in [5, 5.41) is 12.1. The molecule has 2 fully saturated rings. The van der Waals surface area contributed by atoms with Crippen molar-refractivity contribution in [1.29, 1.82) is 0 Å². The molecule has 11 nitrogen and oxygen atoms in total. The van der Waals surface area contributed by atoms with Gasteiger partial charge in [-0.25, -0.2) is 15.1 Å². The fourth-order valence-corrected chi connectivity index (χ4v) is 6.33. The van der Waals surface area contributed by atoms with Crippen molar-refractivity contribution < 1.29 is 13.2 Å². The van der Waals surface area contributed by atoms with Crippen LogP contribution in [0.4, 0.5) is 11.5 Å². The second-order valence-corrected chi connectivity index (χ2v) is 11.5. The largest absolute Gasteiger partial charge is 0.378 e. The zero-order valence-corrected chi connectivity index (χ0v) is 21.9. The van der Waals surface area contributed by atoms with Gasteiger partial charge in [-0.1, -0.05) is 36.0 Å². The summed E-state index contributed by atoms with van der Waals surface area (Å²) in [5.41, 5.74) is 3.65. The summed E-state index contributed by atoms with van der Waals surface area (Å²) in [4.78, 5) is 14.3. The van der Waals surface area contributed by atoms with Gasteiger partial charge in [-0.3, -0.25) is 0 Å². The van der Waals surface area contributed by atoms with Gasteiger partial charge in [0.25, 0.3) is 10.2 Å². The Bertz CT molecular complexity index is 1530. The third-order valence-corrected chi connectivity index (χ3v) is 8.75. The molecular formula is C24H28N8O3S2. The van der Waals surface area contributed by atoms with Crippen molar-refractivity contribution in [3.05, 3.63) is 54.4 Å². The Balaban J connectivity index is 1.35. The molecule has 0 unspecified atom stereocenters. The van der Waals surface area contributed by atoms with Crippen LogP contribution < -0.4 is 14.9 Å². The van der Waals surface area contributed by atoms with Crippen molar-refractivity contribution in [3.63, 3.8) is 0 Å². The number of nitrogens with two attached hydrogens (primary N) is 1. The van der Waals surface area contributed by atoms with Gasteiger partial charge in [-0.05, 0) is 18.2 Å². The van der Waals surface area contributed by atoms with Crippen LogP contribution in [0, 0.1) is 0 Å². The molecule has 37 heavy (non-hydrogen) atoms. The minimum Gasteiger partial charge on any atom is -0.378 e. The third kappa shape index (κ3) is 4.97. The van der Waals surface area contributed by atoms with Crippen molar-refractivity contribution in [2.45, 2.75) is 10.8 Å². The molecule has 2 saturated heterocycles. The molecule has 2 N–H and O–H groups in total. The molecule has 0 amide bonds. The number of nitrogens with zero attached hydrogens (tertiary/aromatic N) is 7. The number of piperazine rings is 1. The zero-order valence-electron chi connectivity index (χ0n) is 20.2. The molecule has 0 saturated carbocycles. The van der Waals surface area contributed by atoms with E-state index in [2.05, 4.69) is 27.0 Å². The normalized spacial score (nSPS) is 17.6. The maximum absolute atomic E-state index is 11.9. The molecule has 5 heterocycles. The summed E-state index contributed by atoms with van der Waals surface area (Å²) in [5.74, 6) is 1.48. The Morgan fingerprint density at radius 3 is 2.49 bits per heavy atom. The molecule has 0 radical (unpaired) electrons. The molecule has 4 aromatic rings. The fourth-order valence-electron chi connectivity index (χ4n) is 4.86. The first-order valence-corrected chi connectivity index (χ1v) is 14.7. The molecule has 0 aliphatic carbocycles. The van der Waals surface area contributed by atoms with Gasteiger partial charge in [0, 0.05) is 50.4 Å². The molecule has 0 spiro atoms. The maximum Gasteiger partial charge on any atom is 0.277 e. The fraction of sp³-hybridized carbons (Fsp3) is 0.375. The van der Waals surface area contributed by atoms with Crippen LogP contribution in [0.3, 0.4) is 0 Å². The monoisotopic (exact) mass is 540 g/mol. The SMILES string of the molecule is NS(=O)(=O)N1CCN(c2c(CSc3ccc4ccccc4n3)nc3c(N4CCOCC4)ccnn23)CC1. The molecular weight excluding hydrogens is 512 g/mol. The minimum absolute atomic E-state index is 0.314. The Kier molecular flexibility index (Phi) is 6.63. The summed E-state index contributed by atoms with van der Waals surface area (Å²) in [7, 11) is -3.72. The molecule has 0 bridgehead atoms. The lowest BCUT2D eigenvalue weighted by atomic mass is 10.2. The Morgan fingerprint density at radius 2 is 1.70 bits per heavy atom. The quantitative estimate of drug-likeness (QED) is 0.364. The molecule has 13 heteroatoms. The van der Waals surface area contributed by atoms with Gasteiger partial charge in [0.1, 0.15) is 0 Å². The highest BCUT2D eigenvalue weighted by atomic mass is 32.2. The highest BCUT2D eigenvalue weighted by Gasteiger charge is 2.29. The number of pyridine rings is 1. The second kappa shape index (κ2) is 10.1. The number of hydrogen-bond acceptors (Lipinski definition) is 9. The van der Waals surface area contributed by atoms with E-state index in [1.807, 2.05) is 34.8 Å². The zero-order chi connectivity index (χ0) is 25.4. The molecule has 2 aliphatic rings. The van der Waals surface area contributed by atoms with E-state index in [-0.39, 0.29) is 0 Å². The molecule has 0 atom stereocenters. The lowest BCUT2D eigenvalue weighted by molar-refractivity contribution is 0.123. The van der Waals surface area contributed by atoms with E-state index in [1.165, 1.54) is 4.31 Å². The Morgan fingerprint density at radius 1 is 0.919 bits per heavy atom. The third-order valence-electron chi connectivity index (χ3n) is 6.72. The van der Waals surface area contributed by atoms with Gasteiger partial charge in [0.2, 0.25) is 0 Å². The summed E-state index contributed by atoms with van der Waals surface area (Å²) < 4.78 is 32.5. The van der Waals surface area contributed by atoms with Crippen molar-refractivity contribution in [2.24, 2.45) is 5.14 Å². The van der Waals surface area contributed by atoms with Gasteiger partial charge in [-0.2, -0.15) is 22.3 Å². The summed E-state index contributed by atoms with van der Waals surface area (Å²) in [6, 6.07) is 14.2. The van der Waals surface area contributed by atoms with Crippen LogP contribution in [0.1, 0.15) is 5.69 Å². The Hall–Kier alpha value is -2.97. The predicted molar refractivity (Wildman–Crippen MR) is 144 cm³/mol. The van der Waals surface area contributed by atoms with Crippen molar-refractivity contribution in [2.75, 3.05) is 62.3 Å². The summed E-state index contributed by atoms with van der Waals surface area (Å²) >= 11 is 1.63. The van der Waals surface area contributed by atoms with Crippen molar-refractivity contribution in [1.82, 2.24) is 23.9 Å². The van der Waals surface area contributed by atoms with Crippen LogP contribution in [0.2, 0.25) is 0 Å². The van der Waals surface area contributed by atoms with Crippen molar-refractivity contribution >= 4 is 50.0 Å². The van der Waals surface area contributed by atoms with Gasteiger partial charge >= 0.3 is 0 Å². The van der Waals surface area contributed by atoms with Gasteiger partial charge < -0.3 is 14.5 Å². The van der Waals surface area contributed by atoms with E-state index in [1.54, 1.807) is 18.0 Å². The van der Waals surface area contributed by atoms with Crippen LogP contribution in [-0.2, 0) is 20.7 Å². The predicted octanol–water partition coefficient (Wildman–Crippen LogP) is 1.73. The molecule has 2 aliphatic heterocycles. The first-order chi connectivity index (χ1) is 18.0. The second-order valence-electron chi connectivity index (χ2n) is 9.00. The van der Waals surface area contributed by atoms with E-state index in [0.29, 0.717) is 45.1 Å². The first-order valence-electron chi connectivity index (χ1n) is 12.2. The number of aromatic nitrogens is 4. The smallest absolute Gasteiger partial charge is 0.277 e. The van der Waals surface area contributed by atoms with E-state index >= 15 is 0 Å². The van der Waals surface area contributed by atoms with E-state index < -0.39 is 10.2 Å². The molecule has 1 aromatic carbocycles. The van der Waals surface area contributed by atoms with Crippen LogP contribution in [0.25, 0.3) is 16.6 Å². The van der Waals surface area contributed by atoms with Gasteiger partial charge in [0.05, 0.1) is 41.3 Å². The van der Waals surface area contributed by atoms with Crippen LogP contribution in [0.5, 0.6) is 0 Å². The minimum atomic E-state index is -3.72. The maximum atomic E-state index is 11.9. The highest BCUT2D eigenvalue weighted by molar-refractivity contribution is 7.98. The number of hydrogen-bond donors (Lipinski definition) is 1. The number of rotatable bonds is 6. The van der Waals surface area contributed by atoms with Crippen LogP contribution >= 0.6 is 11.8 Å². The number of ether oxygens (including phenoxy) is 1. The standard InChI is InChI=1S/C24H28N8O3S2/c25-37(33,34)31-11-9-30(10-12-31)24-20(17-36-22-6-5-18-3-1-2-4-19(18)27-22)28-23-21(7-8-26-32(23)24)29-13-15-35-16-14-29/h1-8H,9-17H2,(H2,25,33,34). The van der Waals surface area contributed by atoms with E-state index in [4.69, 9.17) is 19.8 Å². The van der Waals surface area contributed by atoms with Crippen molar-refractivity contribution in [3.8, 4) is 0 Å². The van der Waals surface area contributed by atoms with Crippen LogP contribution in [-0.4, -0.2) is 84.8 Å². The number of benzene rings is 1. The van der Waals surface area contributed by atoms with Gasteiger partial charge in [0.15, 0.2) is 11.5 Å². The highest BCUT2D eigenvalue weighted by Crippen LogP contribution is 2.33. The van der Waals surface area contributed by atoms with E-state index in [0.717, 1.165) is 51.9 Å². The van der Waals surface area contributed by atoms with Gasteiger partial charge in [-0.15, -0.1) is 0 Å². The summed E-state index contributed by atoms with van der Waals surface area (Å²) in [6.07, 6.45) is 1.80. The number of fused-ring (bicyclic) bond motifs is 2. The molecule has 6 rings (SSSR count). The number of para-hydroxylation sites is 1. The average molecular weight is 541 g/mol. The molecule has 194 valence electrons. The first kappa shape index (κ1) is 24.4. The number of morpholine rings is 1.